The van der Waals surface area contributed by atoms with Gasteiger partial charge in [0.2, 0.25) is 10.0 Å². The quantitative estimate of drug-likeness (QED) is 0.532. The lowest BCUT2D eigenvalue weighted by Crippen LogP contribution is -2.30. The first-order valence-electron chi connectivity index (χ1n) is 9.90. The molecule has 1 amide bonds. The van der Waals surface area contributed by atoms with Crippen LogP contribution in [0.4, 0.5) is 5.69 Å². The van der Waals surface area contributed by atoms with Gasteiger partial charge in [-0.15, -0.1) is 6.58 Å². The van der Waals surface area contributed by atoms with E-state index >= 15 is 0 Å². The summed E-state index contributed by atoms with van der Waals surface area (Å²) in [7, 11) is -3.45. The van der Waals surface area contributed by atoms with Gasteiger partial charge in [0.25, 0.3) is 5.91 Å². The normalized spacial score (nSPS) is 12.1. The fourth-order valence-corrected chi connectivity index (χ4v) is 4.19. The molecule has 0 aliphatic heterocycles. The minimum Gasteiger partial charge on any atom is -0.341 e. The van der Waals surface area contributed by atoms with Gasteiger partial charge in [-0.1, -0.05) is 66.2 Å². The maximum Gasteiger partial charge on any atom is 0.252 e. The van der Waals surface area contributed by atoms with E-state index in [0.717, 1.165) is 22.9 Å². The van der Waals surface area contributed by atoms with Gasteiger partial charge < -0.3 is 5.32 Å². The lowest BCUT2D eigenvalue weighted by Gasteiger charge is -2.22. The molecule has 6 heteroatoms. The first-order valence-corrected chi connectivity index (χ1v) is 11.8. The number of hydrogen-bond donors (Lipinski definition) is 1. The van der Waals surface area contributed by atoms with E-state index in [9.17, 15) is 13.2 Å². The van der Waals surface area contributed by atoms with Gasteiger partial charge in [0.1, 0.15) is 0 Å². The molecule has 0 unspecified atom stereocenters. The summed E-state index contributed by atoms with van der Waals surface area (Å²) in [5, 5.41) is 3.10. The predicted molar refractivity (Wildman–Crippen MR) is 126 cm³/mol. The van der Waals surface area contributed by atoms with Gasteiger partial charge in [-0.05, 0) is 42.3 Å². The number of sulfonamides is 1. The number of anilines is 1. The van der Waals surface area contributed by atoms with Crippen molar-refractivity contribution in [2.45, 2.75) is 13.0 Å². The van der Waals surface area contributed by atoms with E-state index in [1.54, 1.807) is 24.3 Å². The van der Waals surface area contributed by atoms with Crippen LogP contribution in [0.15, 0.2) is 91.5 Å². The van der Waals surface area contributed by atoms with Crippen LogP contribution in [0.2, 0.25) is 0 Å². The highest BCUT2D eigenvalue weighted by Gasteiger charge is 2.19. The van der Waals surface area contributed by atoms with Crippen molar-refractivity contribution in [3.63, 3.8) is 0 Å². The van der Waals surface area contributed by atoms with Gasteiger partial charge >= 0.3 is 0 Å². The van der Waals surface area contributed by atoms with Crippen LogP contribution in [-0.4, -0.2) is 27.1 Å². The molecule has 3 aromatic rings. The topological polar surface area (TPSA) is 66.5 Å². The van der Waals surface area contributed by atoms with E-state index in [1.165, 1.54) is 10.4 Å². The highest BCUT2D eigenvalue weighted by atomic mass is 32.2. The molecule has 0 saturated heterocycles. The van der Waals surface area contributed by atoms with E-state index in [-0.39, 0.29) is 18.5 Å². The molecule has 0 spiro atoms. The van der Waals surface area contributed by atoms with Gasteiger partial charge in [0.15, 0.2) is 0 Å². The van der Waals surface area contributed by atoms with E-state index in [4.69, 9.17) is 0 Å². The minimum absolute atomic E-state index is 0.161. The van der Waals surface area contributed by atoms with Crippen molar-refractivity contribution in [1.82, 2.24) is 5.32 Å². The third kappa shape index (κ3) is 5.61. The number of carbonyl (C=O) groups excluding carboxylic acids is 1. The summed E-state index contributed by atoms with van der Waals surface area (Å²) in [4.78, 5) is 13.0. The Morgan fingerprint density at radius 3 is 2.10 bits per heavy atom. The Bertz CT molecular complexity index is 1140. The number of benzene rings is 3. The van der Waals surface area contributed by atoms with Crippen LogP contribution in [0.1, 0.15) is 33.1 Å². The van der Waals surface area contributed by atoms with Gasteiger partial charge in [-0.25, -0.2) is 8.42 Å². The lowest BCUT2D eigenvalue weighted by molar-refractivity contribution is 0.0943. The van der Waals surface area contributed by atoms with Gasteiger partial charge in [0.05, 0.1) is 24.5 Å². The molecular formula is C25H26N2O3S. The average Bonchev–Trinajstić information content (AvgIpc) is 2.76. The molecule has 3 rings (SSSR count). The van der Waals surface area contributed by atoms with Crippen molar-refractivity contribution in [2.24, 2.45) is 0 Å². The number of carbonyl (C=O) groups is 1. The second-order valence-electron chi connectivity index (χ2n) is 7.36. The van der Waals surface area contributed by atoms with Crippen LogP contribution in [0, 0.1) is 6.92 Å². The first-order chi connectivity index (χ1) is 14.8. The molecule has 0 saturated carbocycles. The zero-order chi connectivity index (χ0) is 22.4. The summed E-state index contributed by atoms with van der Waals surface area (Å²) in [5.41, 5.74) is 4.04. The number of rotatable bonds is 8. The molecule has 1 atom stereocenters. The van der Waals surface area contributed by atoms with E-state index in [2.05, 4.69) is 11.9 Å². The van der Waals surface area contributed by atoms with Crippen molar-refractivity contribution >= 4 is 21.6 Å². The Morgan fingerprint density at radius 1 is 0.968 bits per heavy atom. The molecule has 0 aromatic heterocycles. The zero-order valence-electron chi connectivity index (χ0n) is 17.7. The molecule has 0 aliphatic carbocycles. The molecule has 160 valence electrons. The van der Waals surface area contributed by atoms with Crippen LogP contribution in [0.5, 0.6) is 0 Å². The Kier molecular flexibility index (Phi) is 6.92. The Labute approximate surface area is 184 Å². The maximum atomic E-state index is 13.0. The van der Waals surface area contributed by atoms with Crippen molar-refractivity contribution < 1.29 is 13.2 Å². The molecule has 0 aliphatic rings. The van der Waals surface area contributed by atoms with Crippen molar-refractivity contribution in [1.29, 1.82) is 0 Å². The third-order valence-corrected chi connectivity index (χ3v) is 6.09. The molecule has 5 nitrogen and oxygen atoms in total. The number of amides is 1. The van der Waals surface area contributed by atoms with Crippen LogP contribution in [0.25, 0.3) is 0 Å². The lowest BCUT2D eigenvalue weighted by atomic mass is 9.97. The third-order valence-electron chi connectivity index (χ3n) is 4.93. The van der Waals surface area contributed by atoms with Crippen LogP contribution < -0.4 is 9.62 Å². The Balaban J connectivity index is 1.86. The highest BCUT2D eigenvalue weighted by Crippen LogP contribution is 2.24. The summed E-state index contributed by atoms with van der Waals surface area (Å²) in [6, 6.07) is 24.0. The summed E-state index contributed by atoms with van der Waals surface area (Å²) in [6.07, 6.45) is 2.66. The van der Waals surface area contributed by atoms with E-state index in [0.29, 0.717) is 11.3 Å². The number of nitrogens with zero attached hydrogens (tertiary/aromatic N) is 1. The zero-order valence-corrected chi connectivity index (χ0v) is 18.5. The second-order valence-corrected chi connectivity index (χ2v) is 9.26. The van der Waals surface area contributed by atoms with Crippen LogP contribution >= 0.6 is 0 Å². The molecule has 0 radical (unpaired) electrons. The van der Waals surface area contributed by atoms with Crippen molar-refractivity contribution in [3.05, 3.63) is 114 Å². The standard InChI is InChI=1S/C25H26N2O3S/c1-4-18-27(31(3,29)30)23-16-14-22(15-17-23)25(28)26-24(20-8-6-5-7-9-20)21-12-10-19(2)11-13-21/h4-17,24H,1,18H2,2-3H3,(H,26,28)/t24-/m1/s1. The molecule has 0 heterocycles. The molecule has 0 bridgehead atoms. The minimum atomic E-state index is -3.45. The predicted octanol–water partition coefficient (Wildman–Crippen LogP) is 4.47. The highest BCUT2D eigenvalue weighted by molar-refractivity contribution is 7.92. The summed E-state index contributed by atoms with van der Waals surface area (Å²) in [5.74, 6) is -0.240. The summed E-state index contributed by atoms with van der Waals surface area (Å²) in [6.45, 7) is 5.79. The smallest absolute Gasteiger partial charge is 0.252 e. The molecule has 31 heavy (non-hydrogen) atoms. The second kappa shape index (κ2) is 9.62. The Hall–Kier alpha value is -3.38. The monoisotopic (exact) mass is 434 g/mol. The fourth-order valence-electron chi connectivity index (χ4n) is 3.31. The molecule has 3 aromatic carbocycles. The maximum absolute atomic E-state index is 13.0. The molecule has 1 N–H and O–H groups in total. The van der Waals surface area contributed by atoms with Crippen molar-refractivity contribution in [2.75, 3.05) is 17.1 Å². The molecule has 0 fully saturated rings. The SMILES string of the molecule is C=CCN(c1ccc(C(=O)N[C@H](c2ccccc2)c2ccc(C)cc2)cc1)S(C)(=O)=O. The first kappa shape index (κ1) is 22.3. The van der Waals surface area contributed by atoms with Gasteiger partial charge in [0, 0.05) is 5.56 Å². The average molecular weight is 435 g/mol. The number of aryl methyl sites for hydroxylation is 1. The van der Waals surface area contributed by atoms with Crippen molar-refractivity contribution in [3.8, 4) is 0 Å². The molecular weight excluding hydrogens is 408 g/mol. The Morgan fingerprint density at radius 2 is 1.55 bits per heavy atom. The van der Waals surface area contributed by atoms with Crippen LogP contribution in [-0.2, 0) is 10.0 Å². The largest absolute Gasteiger partial charge is 0.341 e. The van der Waals surface area contributed by atoms with Gasteiger partial charge in [-0.2, -0.15) is 0 Å². The van der Waals surface area contributed by atoms with Crippen LogP contribution in [0.3, 0.4) is 0 Å². The van der Waals surface area contributed by atoms with E-state index < -0.39 is 10.0 Å². The number of nitrogens with one attached hydrogen (secondary N) is 1. The number of hydrogen-bond acceptors (Lipinski definition) is 3. The van der Waals surface area contributed by atoms with E-state index in [1.807, 2.05) is 61.5 Å². The summed E-state index contributed by atoms with van der Waals surface area (Å²) >= 11 is 0. The fraction of sp³-hybridized carbons (Fsp3) is 0.160. The summed E-state index contributed by atoms with van der Waals surface area (Å²) < 4.78 is 25.3. The van der Waals surface area contributed by atoms with Gasteiger partial charge in [-0.3, -0.25) is 9.10 Å².